The molecule has 0 bridgehead atoms. The smallest absolute Gasteiger partial charge is 0.269 e. The molecule has 4 aromatic carbocycles. The first-order valence-corrected chi connectivity index (χ1v) is 19.0. The number of hydrogen-bond acceptors (Lipinski definition) is 12. The van der Waals surface area contributed by atoms with Crippen LogP contribution in [-0.2, 0) is 48.2 Å². The molecule has 0 aliphatic heterocycles. The predicted octanol–water partition coefficient (Wildman–Crippen LogP) is 6.12. The SMILES string of the molecule is O=[N+]([O-])c1ccc(OCCOCCOCCOCCOCCOCCOCCOCCOCCOC(c2ccccc2)(c2ccccc2)c2ccccc2)cc1. The third-order valence-electron chi connectivity index (χ3n) is 8.24. The molecule has 0 aliphatic carbocycles. The Balaban J connectivity index is 0.888. The molecule has 13 heteroatoms. The van der Waals surface area contributed by atoms with Gasteiger partial charge in [-0.15, -0.1) is 0 Å². The van der Waals surface area contributed by atoms with Crippen molar-refractivity contribution in [1.82, 2.24) is 0 Å². The lowest BCUT2D eigenvalue weighted by molar-refractivity contribution is -0.384. The molecule has 0 unspecified atom stereocenters. The van der Waals surface area contributed by atoms with Crippen molar-refractivity contribution in [3.05, 3.63) is 142 Å². The van der Waals surface area contributed by atoms with Crippen molar-refractivity contribution in [1.29, 1.82) is 0 Å². The molecular formula is C43H55NO12. The maximum Gasteiger partial charge on any atom is 0.269 e. The molecule has 0 amide bonds. The van der Waals surface area contributed by atoms with Gasteiger partial charge in [0.05, 0.1) is 117 Å². The van der Waals surface area contributed by atoms with Crippen molar-refractivity contribution < 1.29 is 52.3 Å². The zero-order valence-electron chi connectivity index (χ0n) is 32.0. The number of rotatable bonds is 33. The molecule has 56 heavy (non-hydrogen) atoms. The van der Waals surface area contributed by atoms with E-state index in [4.69, 9.17) is 47.4 Å². The maximum atomic E-state index is 10.7. The number of ether oxygens (including phenoxy) is 10. The molecule has 0 aromatic heterocycles. The number of nitro benzene ring substituents is 1. The second kappa shape index (κ2) is 28.2. The molecule has 0 saturated carbocycles. The maximum absolute atomic E-state index is 10.7. The van der Waals surface area contributed by atoms with Crippen LogP contribution < -0.4 is 4.74 Å². The second-order valence-electron chi connectivity index (χ2n) is 12.1. The Morgan fingerprint density at radius 1 is 0.375 bits per heavy atom. The molecule has 0 heterocycles. The summed E-state index contributed by atoms with van der Waals surface area (Å²) in [6, 6.07) is 36.8. The van der Waals surface area contributed by atoms with Gasteiger partial charge in [-0.3, -0.25) is 10.1 Å². The summed E-state index contributed by atoms with van der Waals surface area (Å²) in [5.41, 5.74) is 2.45. The molecule has 0 aliphatic rings. The molecule has 4 rings (SSSR count). The van der Waals surface area contributed by atoms with Gasteiger partial charge >= 0.3 is 0 Å². The van der Waals surface area contributed by atoms with Crippen LogP contribution in [0.25, 0.3) is 0 Å². The Bertz CT molecular complexity index is 1450. The van der Waals surface area contributed by atoms with E-state index < -0.39 is 10.5 Å². The minimum absolute atomic E-state index is 0.0247. The minimum Gasteiger partial charge on any atom is -0.491 e. The Morgan fingerprint density at radius 3 is 0.964 bits per heavy atom. The van der Waals surface area contributed by atoms with E-state index in [1.807, 2.05) is 54.6 Å². The Hall–Kier alpha value is -4.28. The van der Waals surface area contributed by atoms with E-state index in [1.54, 1.807) is 12.1 Å². The molecule has 0 N–H and O–H groups in total. The van der Waals surface area contributed by atoms with Gasteiger partial charge in [-0.2, -0.15) is 0 Å². The monoisotopic (exact) mass is 777 g/mol. The molecule has 0 atom stereocenters. The third-order valence-corrected chi connectivity index (χ3v) is 8.24. The molecule has 0 fully saturated rings. The van der Waals surface area contributed by atoms with Gasteiger partial charge in [0.15, 0.2) is 0 Å². The number of non-ortho nitro benzene ring substituents is 1. The Labute approximate surface area is 329 Å². The number of hydrogen-bond donors (Lipinski definition) is 0. The van der Waals surface area contributed by atoms with Crippen LogP contribution in [0.4, 0.5) is 5.69 Å². The van der Waals surface area contributed by atoms with E-state index in [9.17, 15) is 10.1 Å². The fourth-order valence-electron chi connectivity index (χ4n) is 5.55. The molecular weight excluding hydrogens is 722 g/mol. The molecule has 13 nitrogen and oxygen atoms in total. The van der Waals surface area contributed by atoms with Crippen molar-refractivity contribution in [3.63, 3.8) is 0 Å². The van der Waals surface area contributed by atoms with E-state index in [1.165, 1.54) is 12.1 Å². The van der Waals surface area contributed by atoms with Crippen molar-refractivity contribution >= 4 is 5.69 Å². The van der Waals surface area contributed by atoms with Crippen molar-refractivity contribution in [2.45, 2.75) is 5.60 Å². The summed E-state index contributed by atoms with van der Waals surface area (Å²) in [5.74, 6) is 0.555. The van der Waals surface area contributed by atoms with Crippen LogP contribution in [0.3, 0.4) is 0 Å². The lowest BCUT2D eigenvalue weighted by atomic mass is 9.80. The highest BCUT2D eigenvalue weighted by Gasteiger charge is 2.37. The van der Waals surface area contributed by atoms with Gasteiger partial charge in [0.2, 0.25) is 0 Å². The van der Waals surface area contributed by atoms with Crippen LogP contribution in [0.5, 0.6) is 5.75 Å². The summed E-state index contributed by atoms with van der Waals surface area (Å²) in [6.07, 6.45) is 0. The van der Waals surface area contributed by atoms with Gasteiger partial charge in [0.1, 0.15) is 18.0 Å². The molecule has 0 saturated heterocycles. The molecule has 0 radical (unpaired) electrons. The van der Waals surface area contributed by atoms with E-state index in [-0.39, 0.29) is 5.69 Å². The standard InChI is InChI=1S/C43H55NO12/c45-44(46)41-16-18-42(19-17-41)55-36-34-53-32-30-51-28-26-49-24-22-47-20-21-48-23-25-50-27-29-52-31-33-54-35-37-56-43(38-10-4-1-5-11-38,39-12-6-2-7-13-39)40-14-8-3-9-15-40/h1-19H,20-37H2. The minimum atomic E-state index is -0.759. The summed E-state index contributed by atoms with van der Waals surface area (Å²) in [5, 5.41) is 10.7. The number of benzene rings is 4. The normalized spacial score (nSPS) is 11.5. The fourth-order valence-corrected chi connectivity index (χ4v) is 5.55. The largest absolute Gasteiger partial charge is 0.491 e. The van der Waals surface area contributed by atoms with Gasteiger partial charge in [-0.05, 0) is 28.8 Å². The van der Waals surface area contributed by atoms with Gasteiger partial charge < -0.3 is 47.4 Å². The average Bonchev–Trinajstić information content (AvgIpc) is 3.24. The van der Waals surface area contributed by atoms with Crippen LogP contribution >= 0.6 is 0 Å². The first-order valence-electron chi connectivity index (χ1n) is 19.0. The van der Waals surface area contributed by atoms with Crippen molar-refractivity contribution in [2.75, 3.05) is 119 Å². The number of nitro groups is 1. The van der Waals surface area contributed by atoms with Crippen LogP contribution in [0.2, 0.25) is 0 Å². The summed E-state index contributed by atoms with van der Waals surface area (Å²) in [6.45, 7) is 8.12. The van der Waals surface area contributed by atoms with E-state index in [0.29, 0.717) is 125 Å². The molecule has 304 valence electrons. The average molecular weight is 778 g/mol. The summed E-state index contributed by atoms with van der Waals surface area (Å²) in [4.78, 5) is 10.2. The second-order valence-corrected chi connectivity index (χ2v) is 12.1. The first-order chi connectivity index (χ1) is 27.7. The molecule has 0 spiro atoms. The van der Waals surface area contributed by atoms with Gasteiger partial charge in [-0.1, -0.05) is 91.0 Å². The lowest BCUT2D eigenvalue weighted by Gasteiger charge is -2.36. The van der Waals surface area contributed by atoms with Crippen LogP contribution in [0.1, 0.15) is 16.7 Å². The Morgan fingerprint density at radius 2 is 0.661 bits per heavy atom. The van der Waals surface area contributed by atoms with E-state index >= 15 is 0 Å². The summed E-state index contributed by atoms with van der Waals surface area (Å²) in [7, 11) is 0. The summed E-state index contributed by atoms with van der Waals surface area (Å²) < 4.78 is 56.8. The quantitative estimate of drug-likeness (QED) is 0.0239. The topological polar surface area (TPSA) is 135 Å². The van der Waals surface area contributed by atoms with Gasteiger partial charge in [-0.25, -0.2) is 0 Å². The van der Waals surface area contributed by atoms with Gasteiger partial charge in [0.25, 0.3) is 5.69 Å². The predicted molar refractivity (Wildman–Crippen MR) is 210 cm³/mol. The fraction of sp³-hybridized carbons (Fsp3) is 0.442. The zero-order chi connectivity index (χ0) is 39.2. The lowest BCUT2D eigenvalue weighted by Crippen LogP contribution is -2.34. The van der Waals surface area contributed by atoms with E-state index in [2.05, 4.69) is 36.4 Å². The van der Waals surface area contributed by atoms with Gasteiger partial charge in [0, 0.05) is 12.1 Å². The number of nitrogens with zero attached hydrogens (tertiary/aromatic N) is 1. The zero-order valence-corrected chi connectivity index (χ0v) is 32.0. The van der Waals surface area contributed by atoms with Crippen molar-refractivity contribution in [2.24, 2.45) is 0 Å². The third kappa shape index (κ3) is 16.8. The van der Waals surface area contributed by atoms with Crippen molar-refractivity contribution in [3.8, 4) is 5.75 Å². The molecule has 4 aromatic rings. The highest BCUT2D eigenvalue weighted by molar-refractivity contribution is 5.47. The van der Waals surface area contributed by atoms with E-state index in [0.717, 1.165) is 16.7 Å². The van der Waals surface area contributed by atoms with Crippen LogP contribution in [-0.4, -0.2) is 124 Å². The summed E-state index contributed by atoms with van der Waals surface area (Å²) >= 11 is 0. The van der Waals surface area contributed by atoms with Crippen LogP contribution in [0.15, 0.2) is 115 Å². The van der Waals surface area contributed by atoms with Crippen LogP contribution in [0, 0.1) is 10.1 Å². The highest BCUT2D eigenvalue weighted by atomic mass is 16.6. The first kappa shape index (κ1) is 44.4. The highest BCUT2D eigenvalue weighted by Crippen LogP contribution is 2.40. The Kier molecular flexibility index (Phi) is 22.3.